The molecule has 1 saturated heterocycles. The molecule has 16 aromatic carbocycles. The molecule has 1 aliphatic heterocycles. The molecule has 6 nitrogen and oxygen atoms in total. The Labute approximate surface area is 648 Å². The Balaban J connectivity index is 0.000000118. The van der Waals surface area contributed by atoms with Gasteiger partial charge in [0.1, 0.15) is 0 Å². The van der Waals surface area contributed by atoms with Gasteiger partial charge in [0.25, 0.3) is 0 Å². The second-order valence-corrected chi connectivity index (χ2v) is 30.5. The summed E-state index contributed by atoms with van der Waals surface area (Å²) in [6.07, 6.45) is 0. The van der Waals surface area contributed by atoms with Crippen molar-refractivity contribution in [1.82, 2.24) is 18.3 Å². The van der Waals surface area contributed by atoms with Crippen LogP contribution in [-0.4, -0.2) is 36.6 Å². The van der Waals surface area contributed by atoms with E-state index in [4.69, 9.17) is 9.31 Å². The summed E-state index contributed by atoms with van der Waals surface area (Å²) in [4.78, 5) is 0. The number of aromatic nitrogens is 4. The molecule has 526 valence electrons. The summed E-state index contributed by atoms with van der Waals surface area (Å²) in [5.74, 6) is 0. The van der Waals surface area contributed by atoms with Crippen LogP contribution in [-0.2, 0) is 9.31 Å². The fraction of sp³-hybridized carbons (Fsp3) is 0.0588. The molecule has 0 amide bonds. The smallest absolute Gasteiger partial charge is 0.399 e. The van der Waals surface area contributed by atoms with Crippen molar-refractivity contribution < 1.29 is 9.31 Å². The average Bonchev–Trinajstić information content (AvgIpc) is 1.58. The van der Waals surface area contributed by atoms with E-state index in [9.17, 15) is 0 Å². The maximum Gasteiger partial charge on any atom is 0.494 e. The SMILES string of the molecule is Brc1ccc2c(c1)c1cc(-c3ccccc3)ccc1n2-c1cccc(-c2ccccc2)c1.CC1(C)OB(c2ccc3c(c2)c2ccccc2n3-c2ccccc2)OC1(C)C.c1ccc(-c2cccc(-n3c4ccc(-c5ccccc5)cc4c4cc(-c5ccc6c(c5)c5ccccc5n6-c5ccccc5)ccc43)c2)cc1. The van der Waals surface area contributed by atoms with Crippen molar-refractivity contribution in [2.24, 2.45) is 0 Å². The van der Waals surface area contributed by atoms with Gasteiger partial charge in [-0.2, -0.15) is 0 Å². The molecule has 0 N–H and O–H groups in total. The van der Waals surface area contributed by atoms with E-state index in [1.807, 2.05) is 6.07 Å². The van der Waals surface area contributed by atoms with E-state index in [0.29, 0.717) is 0 Å². The van der Waals surface area contributed by atoms with Crippen molar-refractivity contribution in [1.29, 1.82) is 0 Å². The van der Waals surface area contributed by atoms with Crippen LogP contribution in [0.5, 0.6) is 0 Å². The highest BCUT2D eigenvalue weighted by Gasteiger charge is 2.52. The van der Waals surface area contributed by atoms with Crippen LogP contribution in [0.2, 0.25) is 0 Å². The van der Waals surface area contributed by atoms with Gasteiger partial charge >= 0.3 is 7.12 Å². The number of fused-ring (bicyclic) bond motifs is 12. The summed E-state index contributed by atoms with van der Waals surface area (Å²) in [5.41, 5.74) is 26.9. The summed E-state index contributed by atoms with van der Waals surface area (Å²) in [5, 5.41) is 9.96. The largest absolute Gasteiger partial charge is 0.494 e. The third-order valence-corrected chi connectivity index (χ3v) is 22.9. The number of rotatable bonds is 10. The second-order valence-electron chi connectivity index (χ2n) is 29.6. The summed E-state index contributed by atoms with van der Waals surface area (Å²) in [7, 11) is -0.353. The Kier molecular flexibility index (Phi) is 17.3. The molecule has 8 heteroatoms. The summed E-state index contributed by atoms with van der Waals surface area (Å²) in [6, 6.07) is 139. The van der Waals surface area contributed by atoms with Crippen molar-refractivity contribution in [3.05, 3.63) is 393 Å². The molecule has 1 fully saturated rings. The first-order valence-electron chi connectivity index (χ1n) is 37.7. The Hall–Kier alpha value is -12.8. The minimum absolute atomic E-state index is 0.343. The van der Waals surface area contributed by atoms with Gasteiger partial charge in [0.2, 0.25) is 0 Å². The van der Waals surface area contributed by atoms with E-state index in [1.165, 1.54) is 154 Å². The molecular weight excluding hydrogens is 1400 g/mol. The summed E-state index contributed by atoms with van der Waals surface area (Å²) < 4.78 is 23.1. The third kappa shape index (κ3) is 12.3. The zero-order valence-corrected chi connectivity index (χ0v) is 63.1. The lowest BCUT2D eigenvalue weighted by atomic mass is 9.78. The number of para-hydroxylation sites is 4. The third-order valence-electron chi connectivity index (χ3n) is 22.4. The molecule has 21 rings (SSSR count). The van der Waals surface area contributed by atoms with Gasteiger partial charge in [0.05, 0.1) is 55.3 Å². The summed E-state index contributed by atoms with van der Waals surface area (Å²) >= 11 is 3.68. The van der Waals surface area contributed by atoms with Gasteiger partial charge < -0.3 is 27.6 Å². The lowest BCUT2D eigenvalue weighted by Gasteiger charge is -2.32. The van der Waals surface area contributed by atoms with E-state index < -0.39 is 0 Å². The fourth-order valence-electron chi connectivity index (χ4n) is 16.3. The quantitative estimate of drug-likeness (QED) is 0.128. The Morgan fingerprint density at radius 3 is 0.845 bits per heavy atom. The topological polar surface area (TPSA) is 38.2 Å². The van der Waals surface area contributed by atoms with Gasteiger partial charge in [0.15, 0.2) is 0 Å². The van der Waals surface area contributed by atoms with E-state index >= 15 is 0 Å². The van der Waals surface area contributed by atoms with E-state index in [0.717, 1.165) is 21.3 Å². The van der Waals surface area contributed by atoms with Gasteiger partial charge in [-0.25, -0.2) is 0 Å². The van der Waals surface area contributed by atoms with Gasteiger partial charge in [0, 0.05) is 70.3 Å². The number of hydrogen-bond donors (Lipinski definition) is 0. The van der Waals surface area contributed by atoms with Gasteiger partial charge in [-0.3, -0.25) is 0 Å². The van der Waals surface area contributed by atoms with E-state index in [-0.39, 0.29) is 18.3 Å². The molecule has 0 atom stereocenters. The maximum atomic E-state index is 6.27. The molecule has 1 aliphatic rings. The zero-order valence-electron chi connectivity index (χ0n) is 61.5. The standard InChI is InChI=1S/C48H32N2.C30H20BrN.C24H24BNO2/c1-4-13-33(14-5-1)35-17-12-20-40(29-35)50-47-26-23-36(34-15-6-2-7-16-34)30-43(47)44-32-38(25-28-48(44)50)37-24-27-46-42(31-37)41-21-10-11-22-45(41)49(46)39-18-8-3-9-19-39;31-25-15-17-30-28(20-25)27-19-24(22-10-5-2-6-11-22)14-16-29(27)32(30)26-13-7-12-23(18-26)21-8-3-1-4-9-21;1-23(2)24(3,4)28-25(27-23)17-14-15-22-20(16-17)19-12-8-9-13-21(19)26(22)18-10-6-5-7-11-18/h1-32H;1-20H;5-16H,1-4H3. The van der Waals surface area contributed by atoms with Crippen molar-refractivity contribution >= 4 is 116 Å². The van der Waals surface area contributed by atoms with E-state index in [2.05, 4.69) is 444 Å². The van der Waals surface area contributed by atoms with Crippen LogP contribution >= 0.6 is 15.9 Å². The Morgan fingerprint density at radius 2 is 0.464 bits per heavy atom. The molecule has 0 aliphatic carbocycles. The van der Waals surface area contributed by atoms with Gasteiger partial charge in [-0.1, -0.05) is 271 Å². The molecule has 0 bridgehead atoms. The summed E-state index contributed by atoms with van der Waals surface area (Å²) in [6.45, 7) is 8.36. The van der Waals surface area contributed by atoms with Crippen LogP contribution in [0.15, 0.2) is 393 Å². The van der Waals surface area contributed by atoms with Crippen LogP contribution in [0.3, 0.4) is 0 Å². The highest BCUT2D eigenvalue weighted by atomic mass is 79.9. The Bertz CT molecular complexity index is 6830. The maximum absolute atomic E-state index is 6.27. The molecule has 0 saturated carbocycles. The zero-order chi connectivity index (χ0) is 74.0. The van der Waals surface area contributed by atoms with Crippen LogP contribution < -0.4 is 5.46 Å². The van der Waals surface area contributed by atoms with Crippen LogP contribution in [0.1, 0.15) is 27.7 Å². The van der Waals surface area contributed by atoms with Crippen molar-refractivity contribution in [3.63, 3.8) is 0 Å². The molecule has 0 unspecified atom stereocenters. The Morgan fingerprint density at radius 1 is 0.209 bits per heavy atom. The van der Waals surface area contributed by atoms with Gasteiger partial charge in [-0.05, 0) is 222 Å². The van der Waals surface area contributed by atoms with Crippen molar-refractivity contribution in [2.75, 3.05) is 0 Å². The predicted octanol–water partition coefficient (Wildman–Crippen LogP) is 26.8. The first-order valence-corrected chi connectivity index (χ1v) is 38.5. The highest BCUT2D eigenvalue weighted by molar-refractivity contribution is 9.10. The minimum atomic E-state index is -0.353. The van der Waals surface area contributed by atoms with Crippen molar-refractivity contribution in [3.8, 4) is 78.4 Å². The second kappa shape index (κ2) is 28.1. The van der Waals surface area contributed by atoms with E-state index in [1.54, 1.807) is 0 Å². The number of halogens is 1. The van der Waals surface area contributed by atoms with Crippen LogP contribution in [0, 0.1) is 0 Å². The highest BCUT2D eigenvalue weighted by Crippen LogP contribution is 2.43. The first kappa shape index (κ1) is 67.8. The molecule has 0 spiro atoms. The molecule has 5 heterocycles. The fourth-order valence-corrected chi connectivity index (χ4v) is 16.6. The number of hydrogen-bond acceptors (Lipinski definition) is 2. The van der Waals surface area contributed by atoms with Crippen LogP contribution in [0.4, 0.5) is 0 Å². The molecule has 20 aromatic rings. The molecule has 0 radical (unpaired) electrons. The monoisotopic (exact) mass is 1480 g/mol. The number of nitrogens with zero attached hydrogens (tertiary/aromatic N) is 4. The van der Waals surface area contributed by atoms with Crippen molar-refractivity contribution in [2.45, 2.75) is 38.9 Å². The normalized spacial score (nSPS) is 13.2. The first-order chi connectivity index (χ1) is 53.9. The van der Waals surface area contributed by atoms with Gasteiger partial charge in [-0.15, -0.1) is 0 Å². The lowest BCUT2D eigenvalue weighted by Crippen LogP contribution is -2.41. The molecular formula is C102H76BBrN4O2. The predicted molar refractivity (Wildman–Crippen MR) is 467 cm³/mol. The van der Waals surface area contributed by atoms with Crippen LogP contribution in [0.25, 0.3) is 166 Å². The average molecular weight is 1480 g/mol. The molecule has 110 heavy (non-hydrogen) atoms. The number of benzene rings is 16. The molecule has 4 aromatic heterocycles. The minimum Gasteiger partial charge on any atom is -0.399 e. The lowest BCUT2D eigenvalue weighted by molar-refractivity contribution is 0.00578.